The molecule has 2 amide bonds. The number of benzene rings is 3. The SMILES string of the molecule is COc1ccc([C@@H]2N=C(SCC(=O)Nc3cc(C)cc(C)c3)NC(C)=C2C(=O)Nc2ccccc2)c(OC)c1. The van der Waals surface area contributed by atoms with Gasteiger partial charge in [-0.3, -0.25) is 9.59 Å². The van der Waals surface area contributed by atoms with Crippen molar-refractivity contribution in [2.24, 2.45) is 4.99 Å². The molecular formula is C30H32N4O4S. The molecule has 9 heteroatoms. The molecule has 0 bridgehead atoms. The Morgan fingerprint density at radius 3 is 2.28 bits per heavy atom. The van der Waals surface area contributed by atoms with Gasteiger partial charge < -0.3 is 25.4 Å². The zero-order chi connectivity index (χ0) is 27.9. The van der Waals surface area contributed by atoms with Gasteiger partial charge in [-0.25, -0.2) is 4.99 Å². The Hall–Kier alpha value is -4.24. The monoisotopic (exact) mass is 544 g/mol. The Bertz CT molecular complexity index is 1420. The lowest BCUT2D eigenvalue weighted by Crippen LogP contribution is -2.33. The maximum Gasteiger partial charge on any atom is 0.255 e. The summed E-state index contributed by atoms with van der Waals surface area (Å²) in [5.41, 5.74) is 5.38. The third-order valence-corrected chi connectivity index (χ3v) is 6.96. The van der Waals surface area contributed by atoms with Gasteiger partial charge in [0, 0.05) is 28.7 Å². The summed E-state index contributed by atoms with van der Waals surface area (Å²) in [5.74, 6) is 0.878. The number of hydrogen-bond acceptors (Lipinski definition) is 7. The van der Waals surface area contributed by atoms with E-state index in [1.54, 1.807) is 20.3 Å². The number of amidine groups is 1. The van der Waals surface area contributed by atoms with Crippen molar-refractivity contribution in [3.63, 3.8) is 0 Å². The van der Waals surface area contributed by atoms with Crippen LogP contribution in [0.15, 0.2) is 83.0 Å². The van der Waals surface area contributed by atoms with Crippen LogP contribution in [-0.2, 0) is 9.59 Å². The van der Waals surface area contributed by atoms with Gasteiger partial charge >= 0.3 is 0 Å². The lowest BCUT2D eigenvalue weighted by molar-refractivity contribution is -0.114. The number of nitrogens with one attached hydrogen (secondary N) is 3. The highest BCUT2D eigenvalue weighted by Gasteiger charge is 2.32. The van der Waals surface area contributed by atoms with Crippen molar-refractivity contribution in [2.45, 2.75) is 26.8 Å². The highest BCUT2D eigenvalue weighted by atomic mass is 32.2. The summed E-state index contributed by atoms with van der Waals surface area (Å²) in [6.07, 6.45) is 0. The summed E-state index contributed by atoms with van der Waals surface area (Å²) in [6.45, 7) is 5.81. The van der Waals surface area contributed by atoms with Gasteiger partial charge in [0.1, 0.15) is 17.5 Å². The van der Waals surface area contributed by atoms with Crippen LogP contribution < -0.4 is 25.4 Å². The second-order valence-corrected chi connectivity index (χ2v) is 10.1. The van der Waals surface area contributed by atoms with Gasteiger partial charge in [-0.2, -0.15) is 0 Å². The fourth-order valence-corrected chi connectivity index (χ4v) is 5.13. The number of aryl methyl sites for hydroxylation is 2. The average Bonchev–Trinajstić information content (AvgIpc) is 2.91. The number of ether oxygens (including phenoxy) is 2. The van der Waals surface area contributed by atoms with Crippen molar-refractivity contribution >= 4 is 40.1 Å². The lowest BCUT2D eigenvalue weighted by atomic mass is 9.95. The second kappa shape index (κ2) is 12.5. The molecule has 0 radical (unpaired) electrons. The summed E-state index contributed by atoms with van der Waals surface area (Å²) in [7, 11) is 3.15. The number of nitrogens with zero attached hydrogens (tertiary/aromatic N) is 1. The van der Waals surface area contributed by atoms with Crippen molar-refractivity contribution in [1.29, 1.82) is 0 Å². The van der Waals surface area contributed by atoms with Crippen LogP contribution in [0.4, 0.5) is 11.4 Å². The van der Waals surface area contributed by atoms with Gasteiger partial charge in [-0.15, -0.1) is 0 Å². The quantitative estimate of drug-likeness (QED) is 0.341. The van der Waals surface area contributed by atoms with E-state index < -0.39 is 6.04 Å². The molecule has 0 spiro atoms. The first kappa shape index (κ1) is 27.8. The fraction of sp³-hybridized carbons (Fsp3) is 0.233. The molecule has 4 rings (SSSR count). The van der Waals surface area contributed by atoms with Crippen LogP contribution in [0.5, 0.6) is 11.5 Å². The molecule has 8 nitrogen and oxygen atoms in total. The average molecular weight is 545 g/mol. The lowest BCUT2D eigenvalue weighted by Gasteiger charge is -2.27. The Morgan fingerprint density at radius 2 is 1.62 bits per heavy atom. The van der Waals surface area contributed by atoms with Crippen LogP contribution >= 0.6 is 11.8 Å². The Balaban J connectivity index is 1.60. The number of amides is 2. The molecular weight excluding hydrogens is 512 g/mol. The van der Waals surface area contributed by atoms with Crippen molar-refractivity contribution in [1.82, 2.24) is 5.32 Å². The first-order valence-electron chi connectivity index (χ1n) is 12.4. The van der Waals surface area contributed by atoms with Crippen molar-refractivity contribution in [3.05, 3.63) is 94.7 Å². The molecule has 202 valence electrons. The molecule has 1 aliphatic heterocycles. The first-order chi connectivity index (χ1) is 18.8. The molecule has 3 N–H and O–H groups in total. The number of aliphatic imine (C=N–C) groups is 1. The van der Waals surface area contributed by atoms with Crippen molar-refractivity contribution < 1.29 is 19.1 Å². The summed E-state index contributed by atoms with van der Waals surface area (Å²) >= 11 is 1.27. The molecule has 0 aliphatic carbocycles. The van der Waals surface area contributed by atoms with E-state index in [4.69, 9.17) is 14.5 Å². The number of allylic oxidation sites excluding steroid dienone is 1. The van der Waals surface area contributed by atoms with E-state index in [2.05, 4.69) is 22.0 Å². The van der Waals surface area contributed by atoms with E-state index in [0.29, 0.717) is 39.2 Å². The van der Waals surface area contributed by atoms with Gasteiger partial charge in [-0.05, 0) is 68.3 Å². The fourth-order valence-electron chi connectivity index (χ4n) is 4.38. The molecule has 0 aromatic heterocycles. The number of hydrogen-bond donors (Lipinski definition) is 3. The normalized spacial score (nSPS) is 14.7. The zero-order valence-electron chi connectivity index (χ0n) is 22.6. The van der Waals surface area contributed by atoms with Gasteiger partial charge in [0.25, 0.3) is 5.91 Å². The molecule has 0 unspecified atom stereocenters. The molecule has 0 saturated carbocycles. The third-order valence-electron chi connectivity index (χ3n) is 6.08. The van der Waals surface area contributed by atoms with Crippen LogP contribution in [0, 0.1) is 13.8 Å². The summed E-state index contributed by atoms with van der Waals surface area (Å²) in [5, 5.41) is 9.66. The number of rotatable bonds is 8. The largest absolute Gasteiger partial charge is 0.497 e. The number of carbonyl (C=O) groups excluding carboxylic acids is 2. The topological polar surface area (TPSA) is 101 Å². The molecule has 1 aliphatic rings. The van der Waals surface area contributed by atoms with E-state index in [-0.39, 0.29) is 17.6 Å². The van der Waals surface area contributed by atoms with Crippen molar-refractivity contribution in [3.8, 4) is 11.5 Å². The second-order valence-electron chi connectivity index (χ2n) is 9.14. The molecule has 3 aromatic rings. The van der Waals surface area contributed by atoms with E-state index in [1.165, 1.54) is 11.8 Å². The van der Waals surface area contributed by atoms with Crippen LogP contribution in [0.1, 0.15) is 29.7 Å². The summed E-state index contributed by atoms with van der Waals surface area (Å²) in [6, 6.07) is 19.9. The Labute approximate surface area is 232 Å². The van der Waals surface area contributed by atoms with Crippen LogP contribution in [0.3, 0.4) is 0 Å². The van der Waals surface area contributed by atoms with Crippen LogP contribution in [-0.4, -0.2) is 37.0 Å². The third kappa shape index (κ3) is 7.00. The highest BCUT2D eigenvalue weighted by Crippen LogP contribution is 2.39. The first-order valence-corrected chi connectivity index (χ1v) is 13.4. The maximum atomic E-state index is 13.5. The van der Waals surface area contributed by atoms with Gasteiger partial charge in [0.05, 0.1) is 25.5 Å². The zero-order valence-corrected chi connectivity index (χ0v) is 23.4. The number of methoxy groups -OCH3 is 2. The number of para-hydroxylation sites is 1. The van der Waals surface area contributed by atoms with E-state index in [9.17, 15) is 9.59 Å². The minimum absolute atomic E-state index is 0.143. The Kier molecular flexibility index (Phi) is 8.93. The highest BCUT2D eigenvalue weighted by molar-refractivity contribution is 8.14. The summed E-state index contributed by atoms with van der Waals surface area (Å²) in [4.78, 5) is 31.1. The molecule has 3 aromatic carbocycles. The smallest absolute Gasteiger partial charge is 0.255 e. The Morgan fingerprint density at radius 1 is 0.897 bits per heavy atom. The number of carbonyl (C=O) groups is 2. The minimum Gasteiger partial charge on any atom is -0.497 e. The molecule has 0 fully saturated rings. The van der Waals surface area contributed by atoms with E-state index in [0.717, 1.165) is 16.8 Å². The molecule has 1 heterocycles. The van der Waals surface area contributed by atoms with Gasteiger partial charge in [0.2, 0.25) is 5.91 Å². The van der Waals surface area contributed by atoms with Gasteiger partial charge in [-0.1, -0.05) is 36.0 Å². The standard InChI is InChI=1S/C30H32N4O4S/c1-18-13-19(2)15-22(14-18)32-26(35)17-39-30-31-20(3)27(29(36)33-21-9-7-6-8-10-21)28(34-30)24-12-11-23(37-4)16-25(24)38-5/h6-16,28H,17H2,1-5H3,(H,31,34)(H,32,35)(H,33,36)/t28-/m0/s1. The van der Waals surface area contributed by atoms with Crippen molar-refractivity contribution in [2.75, 3.05) is 30.6 Å². The molecule has 1 atom stereocenters. The maximum absolute atomic E-state index is 13.5. The minimum atomic E-state index is -0.666. The predicted octanol–water partition coefficient (Wildman–Crippen LogP) is 5.61. The number of thioether (sulfide) groups is 1. The molecule has 0 saturated heterocycles. The predicted molar refractivity (Wildman–Crippen MR) is 158 cm³/mol. The summed E-state index contributed by atoms with van der Waals surface area (Å²) < 4.78 is 11.0. The van der Waals surface area contributed by atoms with Crippen LogP contribution in [0.25, 0.3) is 0 Å². The van der Waals surface area contributed by atoms with E-state index in [1.807, 2.05) is 75.4 Å². The van der Waals surface area contributed by atoms with Gasteiger partial charge in [0.15, 0.2) is 5.17 Å². The number of anilines is 2. The molecule has 39 heavy (non-hydrogen) atoms. The van der Waals surface area contributed by atoms with E-state index >= 15 is 0 Å². The van der Waals surface area contributed by atoms with Crippen LogP contribution in [0.2, 0.25) is 0 Å².